The van der Waals surface area contributed by atoms with E-state index >= 15 is 0 Å². The van der Waals surface area contributed by atoms with Gasteiger partial charge in [-0.15, -0.1) is 0 Å². The molecule has 0 atom stereocenters. The third-order valence-corrected chi connectivity index (χ3v) is 3.66. The molecule has 0 aliphatic rings. The molecule has 0 heterocycles. The summed E-state index contributed by atoms with van der Waals surface area (Å²) in [6.45, 7) is 12.9. The van der Waals surface area contributed by atoms with Crippen molar-refractivity contribution in [2.45, 2.75) is 45.3 Å². The van der Waals surface area contributed by atoms with Crippen molar-refractivity contribution in [3.63, 3.8) is 0 Å². The van der Waals surface area contributed by atoms with Crippen molar-refractivity contribution in [1.29, 1.82) is 0 Å². The Labute approximate surface area is 89.5 Å². The molecule has 4 heteroatoms. The minimum Gasteiger partial charge on any atom is -0.517 e. The minimum atomic E-state index is -1.71. The van der Waals surface area contributed by atoms with Gasteiger partial charge in [-0.05, 0) is 25.7 Å². The van der Waals surface area contributed by atoms with Gasteiger partial charge in [0.2, 0.25) is 8.32 Å². The Morgan fingerprint density at radius 1 is 1.14 bits per heavy atom. The summed E-state index contributed by atoms with van der Waals surface area (Å²) in [5.41, 5.74) is 0. The molecule has 0 saturated heterocycles. The Kier molecular flexibility index (Phi) is 4.81. The number of allylic oxidation sites excluding steroid dienone is 1. The molecule has 82 valence electrons. The summed E-state index contributed by atoms with van der Waals surface area (Å²) in [4.78, 5) is 11.3. The third kappa shape index (κ3) is 9.73. The highest BCUT2D eigenvalue weighted by atomic mass is 28.4. The van der Waals surface area contributed by atoms with E-state index in [4.69, 9.17) is 4.43 Å². The average molecular weight is 230 g/mol. The van der Waals surface area contributed by atoms with Gasteiger partial charge in [-0.2, -0.15) is 0 Å². The first-order valence-electron chi connectivity index (χ1n) is 5.00. The number of hydrogen-bond donors (Lipinski definition) is 0. The van der Waals surface area contributed by atoms with Gasteiger partial charge < -0.3 is 4.43 Å². The lowest BCUT2D eigenvalue weighted by Gasteiger charge is -2.16. The maximum atomic E-state index is 11.3. The van der Waals surface area contributed by atoms with Gasteiger partial charge >= 0.3 is 5.97 Å². The van der Waals surface area contributed by atoms with Gasteiger partial charge in [0.1, 0.15) is 0 Å². The monoisotopic (exact) mass is 230 g/mol. The second-order valence-corrected chi connectivity index (χ2v) is 15.7. The summed E-state index contributed by atoms with van der Waals surface area (Å²) in [6.07, 6.45) is 3.53. The molecular weight excluding hydrogens is 208 g/mol. The van der Waals surface area contributed by atoms with Gasteiger partial charge in [0.25, 0.3) is 0 Å². The molecule has 14 heavy (non-hydrogen) atoms. The summed E-state index contributed by atoms with van der Waals surface area (Å²) in [5, 5.41) is 0. The molecule has 0 spiro atoms. The predicted octanol–water partition coefficient (Wildman–Crippen LogP) is 3.26. The maximum Gasteiger partial charge on any atom is 0.317 e. The molecule has 0 aliphatic carbocycles. The van der Waals surface area contributed by atoms with Crippen LogP contribution in [0, 0.1) is 0 Å². The topological polar surface area (TPSA) is 26.3 Å². The molecule has 0 saturated carbocycles. The van der Waals surface area contributed by atoms with E-state index in [1.165, 1.54) is 0 Å². The van der Waals surface area contributed by atoms with Gasteiger partial charge in [0, 0.05) is 14.1 Å². The quantitative estimate of drug-likeness (QED) is 0.547. The van der Waals surface area contributed by atoms with E-state index < -0.39 is 16.4 Å². The fraction of sp³-hybridized carbons (Fsp3) is 0.700. The van der Waals surface area contributed by atoms with E-state index in [9.17, 15) is 4.79 Å². The van der Waals surface area contributed by atoms with Crippen molar-refractivity contribution in [2.24, 2.45) is 0 Å². The standard InChI is InChI=1S/C10H22O2Si2/c1-13(2,3)9-7-8-10(11)12-14(4,5)6/h7-8H,9H2,1-6H3/b8-7-. The smallest absolute Gasteiger partial charge is 0.317 e. The van der Waals surface area contributed by atoms with E-state index in [1.807, 2.05) is 25.7 Å². The summed E-state index contributed by atoms with van der Waals surface area (Å²) in [6, 6.07) is 1.04. The van der Waals surface area contributed by atoms with Crippen LogP contribution in [0.25, 0.3) is 0 Å². The first-order valence-corrected chi connectivity index (χ1v) is 12.1. The summed E-state index contributed by atoms with van der Waals surface area (Å²) in [7, 11) is -2.77. The molecule has 0 bridgehead atoms. The largest absolute Gasteiger partial charge is 0.517 e. The first kappa shape index (κ1) is 13.6. The lowest BCUT2D eigenvalue weighted by Crippen LogP contribution is -2.28. The summed E-state index contributed by atoms with van der Waals surface area (Å²) in [5.74, 6) is -0.178. The van der Waals surface area contributed by atoms with Crippen LogP contribution in [-0.2, 0) is 9.22 Å². The molecule has 0 N–H and O–H groups in total. The van der Waals surface area contributed by atoms with Gasteiger partial charge in [-0.3, -0.25) is 0 Å². The Balaban J connectivity index is 3.96. The zero-order valence-corrected chi connectivity index (χ0v) is 12.2. The average Bonchev–Trinajstić information content (AvgIpc) is 1.78. The Bertz CT molecular complexity index is 221. The Hall–Kier alpha value is -0.356. The zero-order chi connectivity index (χ0) is 11.4. The van der Waals surface area contributed by atoms with Crippen molar-refractivity contribution in [2.75, 3.05) is 0 Å². The number of hydrogen-bond acceptors (Lipinski definition) is 2. The molecule has 0 radical (unpaired) electrons. The molecule has 0 aromatic carbocycles. The van der Waals surface area contributed by atoms with Crippen molar-refractivity contribution >= 4 is 22.4 Å². The molecule has 0 aromatic rings. The number of carbonyl (C=O) groups excluding carboxylic acids is 1. The van der Waals surface area contributed by atoms with E-state index in [-0.39, 0.29) is 5.97 Å². The van der Waals surface area contributed by atoms with E-state index in [1.54, 1.807) is 6.08 Å². The highest BCUT2D eigenvalue weighted by molar-refractivity contribution is 6.76. The second kappa shape index (κ2) is 4.93. The van der Waals surface area contributed by atoms with E-state index in [0.717, 1.165) is 6.04 Å². The normalized spacial score (nSPS) is 13.3. The van der Waals surface area contributed by atoms with Crippen LogP contribution in [0.4, 0.5) is 0 Å². The van der Waals surface area contributed by atoms with Crippen LogP contribution in [0.1, 0.15) is 0 Å². The maximum absolute atomic E-state index is 11.3. The second-order valence-electron chi connectivity index (χ2n) is 5.70. The Morgan fingerprint density at radius 3 is 2.00 bits per heavy atom. The van der Waals surface area contributed by atoms with E-state index in [2.05, 4.69) is 19.6 Å². The lowest BCUT2D eigenvalue weighted by molar-refractivity contribution is -0.129. The van der Waals surface area contributed by atoms with Crippen LogP contribution in [0.15, 0.2) is 12.2 Å². The molecular formula is C10H22O2Si2. The first-order chi connectivity index (χ1) is 6.10. The molecule has 0 rings (SSSR count). The Morgan fingerprint density at radius 2 is 1.64 bits per heavy atom. The van der Waals surface area contributed by atoms with Crippen LogP contribution in [-0.4, -0.2) is 22.4 Å². The van der Waals surface area contributed by atoms with Gasteiger partial charge in [-0.1, -0.05) is 25.7 Å². The van der Waals surface area contributed by atoms with Crippen LogP contribution < -0.4 is 0 Å². The van der Waals surface area contributed by atoms with Gasteiger partial charge in [-0.25, -0.2) is 4.79 Å². The number of carbonyl (C=O) groups is 1. The number of rotatable bonds is 4. The van der Waals surface area contributed by atoms with Crippen LogP contribution in [0.3, 0.4) is 0 Å². The summed E-state index contributed by atoms with van der Waals surface area (Å²) < 4.78 is 5.28. The predicted molar refractivity (Wildman–Crippen MR) is 66.7 cm³/mol. The lowest BCUT2D eigenvalue weighted by atomic mass is 10.5. The van der Waals surface area contributed by atoms with Crippen molar-refractivity contribution < 1.29 is 9.22 Å². The van der Waals surface area contributed by atoms with Crippen molar-refractivity contribution in [3.8, 4) is 0 Å². The van der Waals surface area contributed by atoms with Crippen LogP contribution in [0.5, 0.6) is 0 Å². The van der Waals surface area contributed by atoms with Gasteiger partial charge in [0.15, 0.2) is 0 Å². The molecule has 2 nitrogen and oxygen atoms in total. The SMILES string of the molecule is C[Si](C)(C)C/C=C\C(=O)O[Si](C)(C)C. The molecule has 0 fully saturated rings. The summed E-state index contributed by atoms with van der Waals surface area (Å²) >= 11 is 0. The van der Waals surface area contributed by atoms with E-state index in [0.29, 0.717) is 0 Å². The van der Waals surface area contributed by atoms with Crippen molar-refractivity contribution in [3.05, 3.63) is 12.2 Å². The van der Waals surface area contributed by atoms with Gasteiger partial charge in [0.05, 0.1) is 0 Å². The fourth-order valence-electron chi connectivity index (χ4n) is 0.845. The van der Waals surface area contributed by atoms with Crippen LogP contribution >= 0.6 is 0 Å². The molecule has 0 aromatic heterocycles. The molecule has 0 aliphatic heterocycles. The molecule has 0 amide bonds. The third-order valence-electron chi connectivity index (χ3n) is 1.39. The minimum absolute atomic E-state index is 0.178. The highest BCUT2D eigenvalue weighted by Gasteiger charge is 2.18. The highest BCUT2D eigenvalue weighted by Crippen LogP contribution is 2.09. The molecule has 0 unspecified atom stereocenters. The zero-order valence-electron chi connectivity index (χ0n) is 10.2. The van der Waals surface area contributed by atoms with Crippen LogP contribution in [0.2, 0.25) is 45.3 Å². The van der Waals surface area contributed by atoms with Crippen molar-refractivity contribution in [1.82, 2.24) is 0 Å². The fourth-order valence-corrected chi connectivity index (χ4v) is 2.34.